The Morgan fingerprint density at radius 1 is 1.19 bits per heavy atom. The molecule has 0 atom stereocenters. The third-order valence-corrected chi connectivity index (χ3v) is 4.78. The maximum atomic E-state index is 12.4. The number of hydrogen-bond acceptors (Lipinski definition) is 7. The van der Waals surface area contributed by atoms with Gasteiger partial charge in [-0.05, 0) is 25.1 Å². The lowest BCUT2D eigenvalue weighted by Crippen LogP contribution is -2.12. The normalized spacial score (nSPS) is 10.9. The molecule has 0 spiro atoms. The number of benzene rings is 2. The molecule has 2 heterocycles. The number of carbonyl (C=O) groups excluding carboxylic acids is 1. The van der Waals surface area contributed by atoms with Crippen molar-refractivity contribution in [2.45, 2.75) is 6.92 Å². The van der Waals surface area contributed by atoms with Crippen LogP contribution in [0.5, 0.6) is 0 Å². The zero-order valence-electron chi connectivity index (χ0n) is 14.0. The van der Waals surface area contributed by atoms with Crippen LogP contribution >= 0.6 is 11.3 Å². The fourth-order valence-electron chi connectivity index (χ4n) is 2.53. The van der Waals surface area contributed by atoms with Crippen LogP contribution in [0.25, 0.3) is 15.5 Å². The van der Waals surface area contributed by atoms with Gasteiger partial charge in [-0.1, -0.05) is 29.5 Å². The van der Waals surface area contributed by atoms with Gasteiger partial charge in [-0.3, -0.25) is 14.9 Å². The second-order valence-corrected chi connectivity index (χ2v) is 6.65. The Bertz CT molecular complexity index is 1180. The van der Waals surface area contributed by atoms with Crippen molar-refractivity contribution in [3.63, 3.8) is 0 Å². The van der Waals surface area contributed by atoms with Gasteiger partial charge in [-0.2, -0.15) is 9.61 Å². The van der Waals surface area contributed by atoms with Gasteiger partial charge in [0.25, 0.3) is 11.6 Å². The number of anilines is 1. The fourth-order valence-corrected chi connectivity index (χ4v) is 3.41. The molecule has 2 aromatic carbocycles. The molecule has 0 aliphatic carbocycles. The van der Waals surface area contributed by atoms with Crippen molar-refractivity contribution in [2.24, 2.45) is 0 Å². The highest BCUT2D eigenvalue weighted by molar-refractivity contribution is 7.19. The maximum Gasteiger partial charge on any atom is 0.270 e. The molecule has 9 nitrogen and oxygen atoms in total. The van der Waals surface area contributed by atoms with Crippen LogP contribution in [-0.4, -0.2) is 30.6 Å². The monoisotopic (exact) mass is 380 g/mol. The van der Waals surface area contributed by atoms with E-state index < -0.39 is 10.8 Å². The second-order valence-electron chi connectivity index (χ2n) is 5.69. The summed E-state index contributed by atoms with van der Waals surface area (Å²) >= 11 is 1.39. The van der Waals surface area contributed by atoms with Crippen molar-refractivity contribution in [1.82, 2.24) is 19.8 Å². The molecule has 4 aromatic rings. The van der Waals surface area contributed by atoms with Crippen molar-refractivity contribution < 1.29 is 9.72 Å². The van der Waals surface area contributed by atoms with Crippen LogP contribution in [0, 0.1) is 17.0 Å². The Morgan fingerprint density at radius 2 is 2.00 bits per heavy atom. The Labute approximate surface area is 156 Å². The second kappa shape index (κ2) is 6.57. The summed E-state index contributed by atoms with van der Waals surface area (Å²) in [5.74, 6) is 0.271. The Balaban J connectivity index is 1.60. The number of nitro groups is 1. The molecule has 0 aliphatic rings. The largest absolute Gasteiger partial charge is 0.322 e. The van der Waals surface area contributed by atoms with E-state index in [1.165, 1.54) is 35.6 Å². The van der Waals surface area contributed by atoms with E-state index in [9.17, 15) is 14.9 Å². The zero-order chi connectivity index (χ0) is 19.0. The van der Waals surface area contributed by atoms with Gasteiger partial charge < -0.3 is 5.32 Å². The van der Waals surface area contributed by atoms with Crippen molar-refractivity contribution in [1.29, 1.82) is 0 Å². The van der Waals surface area contributed by atoms with Gasteiger partial charge in [0.1, 0.15) is 5.01 Å². The lowest BCUT2D eigenvalue weighted by molar-refractivity contribution is -0.384. The van der Waals surface area contributed by atoms with Crippen LogP contribution < -0.4 is 5.32 Å². The standard InChI is InChI=1S/C17H12N6O3S/c1-10-19-20-17-22(10)21-16(27-17)12-5-2-6-13(8-12)18-15(24)11-4-3-7-14(9-11)23(25)26/h2-9H,1H3,(H,18,24). The summed E-state index contributed by atoms with van der Waals surface area (Å²) in [5, 5.41) is 26.8. The number of amides is 1. The van der Waals surface area contributed by atoms with E-state index >= 15 is 0 Å². The highest BCUT2D eigenvalue weighted by Crippen LogP contribution is 2.27. The summed E-state index contributed by atoms with van der Waals surface area (Å²) in [6, 6.07) is 12.8. The summed E-state index contributed by atoms with van der Waals surface area (Å²) in [6.07, 6.45) is 0. The molecule has 0 unspecified atom stereocenters. The molecule has 134 valence electrons. The number of fused-ring (bicyclic) bond motifs is 1. The zero-order valence-corrected chi connectivity index (χ0v) is 14.8. The Hall–Kier alpha value is -3.66. The summed E-state index contributed by atoms with van der Waals surface area (Å²) in [7, 11) is 0. The lowest BCUT2D eigenvalue weighted by atomic mass is 10.1. The number of aryl methyl sites for hydroxylation is 1. The fraction of sp³-hybridized carbons (Fsp3) is 0.0588. The molecule has 0 aliphatic heterocycles. The minimum Gasteiger partial charge on any atom is -0.322 e. The quantitative estimate of drug-likeness (QED) is 0.429. The number of rotatable bonds is 4. The topological polar surface area (TPSA) is 115 Å². The number of hydrogen-bond donors (Lipinski definition) is 1. The molecular formula is C17H12N6O3S. The number of non-ortho nitro benzene ring substituents is 1. The van der Waals surface area contributed by atoms with Crippen molar-refractivity contribution in [3.05, 3.63) is 70.0 Å². The molecule has 0 fully saturated rings. The van der Waals surface area contributed by atoms with E-state index in [-0.39, 0.29) is 11.3 Å². The first-order valence-corrected chi connectivity index (χ1v) is 8.68. The van der Waals surface area contributed by atoms with Crippen LogP contribution in [0.1, 0.15) is 16.2 Å². The molecule has 0 saturated carbocycles. The van der Waals surface area contributed by atoms with Gasteiger partial charge in [-0.15, -0.1) is 10.2 Å². The summed E-state index contributed by atoms with van der Waals surface area (Å²) < 4.78 is 1.66. The van der Waals surface area contributed by atoms with Crippen LogP contribution in [0.3, 0.4) is 0 Å². The lowest BCUT2D eigenvalue weighted by Gasteiger charge is -2.06. The van der Waals surface area contributed by atoms with E-state index in [4.69, 9.17) is 0 Å². The smallest absolute Gasteiger partial charge is 0.270 e. The first-order valence-electron chi connectivity index (χ1n) is 7.86. The van der Waals surface area contributed by atoms with Gasteiger partial charge >= 0.3 is 0 Å². The number of nitro benzene ring substituents is 1. The molecule has 27 heavy (non-hydrogen) atoms. The van der Waals surface area contributed by atoms with Gasteiger partial charge in [0.15, 0.2) is 5.82 Å². The van der Waals surface area contributed by atoms with Gasteiger partial charge in [0.2, 0.25) is 4.96 Å². The minimum absolute atomic E-state index is 0.133. The third-order valence-electron chi connectivity index (χ3n) is 3.83. The summed E-state index contributed by atoms with van der Waals surface area (Å²) in [5.41, 5.74) is 1.46. The van der Waals surface area contributed by atoms with Crippen molar-refractivity contribution in [3.8, 4) is 10.6 Å². The van der Waals surface area contributed by atoms with Crippen molar-refractivity contribution in [2.75, 3.05) is 5.32 Å². The number of nitrogens with zero attached hydrogens (tertiary/aromatic N) is 5. The first-order chi connectivity index (χ1) is 13.0. The van der Waals surface area contributed by atoms with E-state index in [0.717, 1.165) is 10.6 Å². The third kappa shape index (κ3) is 3.25. The molecule has 0 radical (unpaired) electrons. The SMILES string of the molecule is Cc1nnc2sc(-c3cccc(NC(=O)c4cccc([N+](=O)[O-])c4)c3)nn12. The number of carbonyl (C=O) groups is 1. The maximum absolute atomic E-state index is 12.4. The molecule has 4 rings (SSSR count). The van der Waals surface area contributed by atoms with E-state index in [0.29, 0.717) is 16.5 Å². The van der Waals surface area contributed by atoms with E-state index in [1.54, 1.807) is 22.7 Å². The van der Waals surface area contributed by atoms with E-state index in [1.807, 2.05) is 13.0 Å². The van der Waals surface area contributed by atoms with Gasteiger partial charge in [-0.25, -0.2) is 0 Å². The number of nitrogens with one attached hydrogen (secondary N) is 1. The van der Waals surface area contributed by atoms with Crippen molar-refractivity contribution >= 4 is 33.6 Å². The average Bonchev–Trinajstić information content (AvgIpc) is 3.24. The minimum atomic E-state index is -0.535. The molecule has 1 N–H and O–H groups in total. The molecule has 10 heteroatoms. The molecular weight excluding hydrogens is 368 g/mol. The van der Waals surface area contributed by atoms with Gasteiger partial charge in [0.05, 0.1) is 4.92 Å². The molecule has 1 amide bonds. The predicted molar refractivity (Wildman–Crippen MR) is 99.9 cm³/mol. The van der Waals surface area contributed by atoms with Crippen LogP contribution in [-0.2, 0) is 0 Å². The van der Waals surface area contributed by atoms with Gasteiger partial charge in [0, 0.05) is 28.9 Å². The summed E-state index contributed by atoms with van der Waals surface area (Å²) in [4.78, 5) is 23.4. The van der Waals surface area contributed by atoms with Crippen LogP contribution in [0.15, 0.2) is 48.5 Å². The summed E-state index contributed by atoms with van der Waals surface area (Å²) in [6.45, 7) is 1.82. The number of aromatic nitrogens is 4. The highest BCUT2D eigenvalue weighted by atomic mass is 32.1. The Kier molecular flexibility index (Phi) is 4.09. The van der Waals surface area contributed by atoms with Crippen LogP contribution in [0.2, 0.25) is 0 Å². The first kappa shape index (κ1) is 16.8. The average molecular weight is 380 g/mol. The molecule has 2 aromatic heterocycles. The molecule has 0 saturated heterocycles. The highest BCUT2D eigenvalue weighted by Gasteiger charge is 2.14. The van der Waals surface area contributed by atoms with Crippen LogP contribution in [0.4, 0.5) is 11.4 Å². The Morgan fingerprint density at radius 3 is 2.78 bits per heavy atom. The van der Waals surface area contributed by atoms with E-state index in [2.05, 4.69) is 20.6 Å². The molecule has 0 bridgehead atoms. The predicted octanol–water partition coefficient (Wildman–Crippen LogP) is 3.32.